The van der Waals surface area contributed by atoms with Crippen molar-refractivity contribution in [3.05, 3.63) is 71.3 Å². The largest absolute Gasteiger partial charge is 0.481 e. The third-order valence-electron chi connectivity index (χ3n) is 4.33. The van der Waals surface area contributed by atoms with Crippen molar-refractivity contribution in [1.29, 1.82) is 0 Å². The number of carboxylic acids is 1. The van der Waals surface area contributed by atoms with Crippen LogP contribution in [0.2, 0.25) is 0 Å². The molecule has 5 heteroatoms. The SMILES string of the molecule is O=C(O)[C@H]1CN(Cc2ccccc2)C[C@H]1c1ccc(F)c(F)c1. The lowest BCUT2D eigenvalue weighted by Gasteiger charge is -2.16. The molecule has 2 aromatic rings. The Labute approximate surface area is 133 Å². The fourth-order valence-corrected chi connectivity index (χ4v) is 3.19. The number of aliphatic carboxylic acids is 1. The summed E-state index contributed by atoms with van der Waals surface area (Å²) in [5.74, 6) is -3.72. The van der Waals surface area contributed by atoms with Gasteiger partial charge in [0.05, 0.1) is 5.92 Å². The van der Waals surface area contributed by atoms with Crippen molar-refractivity contribution >= 4 is 5.97 Å². The predicted molar refractivity (Wildman–Crippen MR) is 81.9 cm³/mol. The number of nitrogens with zero attached hydrogens (tertiary/aromatic N) is 1. The van der Waals surface area contributed by atoms with Gasteiger partial charge in [0.1, 0.15) is 0 Å². The summed E-state index contributed by atoms with van der Waals surface area (Å²) in [4.78, 5) is 13.6. The van der Waals surface area contributed by atoms with Crippen molar-refractivity contribution in [3.63, 3.8) is 0 Å². The Morgan fingerprint density at radius 3 is 2.48 bits per heavy atom. The molecular formula is C18H17F2NO2. The summed E-state index contributed by atoms with van der Waals surface area (Å²) in [6.07, 6.45) is 0. The van der Waals surface area contributed by atoms with Crippen LogP contribution in [0.3, 0.4) is 0 Å². The van der Waals surface area contributed by atoms with E-state index in [9.17, 15) is 18.7 Å². The molecule has 2 atom stereocenters. The average molecular weight is 317 g/mol. The maximum Gasteiger partial charge on any atom is 0.308 e. The van der Waals surface area contributed by atoms with Crippen LogP contribution in [0.4, 0.5) is 8.78 Å². The molecule has 0 aromatic heterocycles. The first-order valence-corrected chi connectivity index (χ1v) is 7.48. The number of halogens is 2. The lowest BCUT2D eigenvalue weighted by atomic mass is 9.89. The summed E-state index contributed by atoms with van der Waals surface area (Å²) in [6.45, 7) is 1.55. The van der Waals surface area contributed by atoms with Crippen molar-refractivity contribution < 1.29 is 18.7 Å². The van der Waals surface area contributed by atoms with Gasteiger partial charge in [-0.15, -0.1) is 0 Å². The first-order valence-electron chi connectivity index (χ1n) is 7.48. The molecule has 2 aromatic carbocycles. The molecule has 120 valence electrons. The van der Waals surface area contributed by atoms with E-state index in [0.717, 1.165) is 17.7 Å². The quantitative estimate of drug-likeness (QED) is 0.941. The summed E-state index contributed by atoms with van der Waals surface area (Å²) < 4.78 is 26.6. The predicted octanol–water partition coefficient (Wildman–Crippen LogP) is 3.27. The van der Waals surface area contributed by atoms with Crippen LogP contribution < -0.4 is 0 Å². The maximum absolute atomic E-state index is 13.5. The second-order valence-electron chi connectivity index (χ2n) is 5.90. The molecule has 3 nitrogen and oxygen atoms in total. The van der Waals surface area contributed by atoms with Crippen LogP contribution in [-0.4, -0.2) is 29.1 Å². The first-order chi connectivity index (χ1) is 11.0. The zero-order valence-corrected chi connectivity index (χ0v) is 12.5. The van der Waals surface area contributed by atoms with Gasteiger partial charge in [0.25, 0.3) is 0 Å². The Morgan fingerprint density at radius 1 is 1.09 bits per heavy atom. The number of hydrogen-bond donors (Lipinski definition) is 1. The Morgan fingerprint density at radius 2 is 1.83 bits per heavy atom. The Bertz CT molecular complexity index is 705. The lowest BCUT2D eigenvalue weighted by Crippen LogP contribution is -2.23. The molecule has 0 aliphatic carbocycles. The van der Waals surface area contributed by atoms with E-state index in [1.54, 1.807) is 0 Å². The topological polar surface area (TPSA) is 40.5 Å². The van der Waals surface area contributed by atoms with Crippen LogP contribution in [0, 0.1) is 17.6 Å². The molecule has 1 N–H and O–H groups in total. The first kappa shape index (κ1) is 15.6. The number of benzene rings is 2. The van der Waals surface area contributed by atoms with Gasteiger partial charge in [0.2, 0.25) is 0 Å². The van der Waals surface area contributed by atoms with E-state index in [1.165, 1.54) is 6.07 Å². The summed E-state index contributed by atoms with van der Waals surface area (Å²) in [7, 11) is 0. The van der Waals surface area contributed by atoms with Crippen LogP contribution >= 0.6 is 0 Å². The second kappa shape index (κ2) is 6.46. The number of carbonyl (C=O) groups is 1. The third kappa shape index (κ3) is 3.40. The van der Waals surface area contributed by atoms with E-state index in [0.29, 0.717) is 25.2 Å². The molecule has 23 heavy (non-hydrogen) atoms. The Hall–Kier alpha value is -2.27. The van der Waals surface area contributed by atoms with Gasteiger partial charge < -0.3 is 5.11 Å². The Balaban J connectivity index is 1.81. The summed E-state index contributed by atoms with van der Waals surface area (Å²) in [5, 5.41) is 9.46. The molecular weight excluding hydrogens is 300 g/mol. The van der Waals surface area contributed by atoms with E-state index in [-0.39, 0.29) is 5.92 Å². The summed E-state index contributed by atoms with van der Waals surface area (Å²) >= 11 is 0. The van der Waals surface area contributed by atoms with Crippen LogP contribution in [0.15, 0.2) is 48.5 Å². The third-order valence-corrected chi connectivity index (χ3v) is 4.33. The molecule has 0 unspecified atom stereocenters. The number of carboxylic acid groups (broad SMARTS) is 1. The van der Waals surface area contributed by atoms with Gasteiger partial charge in [-0.3, -0.25) is 9.69 Å². The minimum atomic E-state index is -0.937. The van der Waals surface area contributed by atoms with Crippen molar-refractivity contribution in [1.82, 2.24) is 4.90 Å². The minimum absolute atomic E-state index is 0.341. The number of hydrogen-bond acceptors (Lipinski definition) is 2. The Kier molecular flexibility index (Phi) is 4.39. The second-order valence-corrected chi connectivity index (χ2v) is 5.90. The van der Waals surface area contributed by atoms with Crippen LogP contribution in [0.5, 0.6) is 0 Å². The van der Waals surface area contributed by atoms with E-state index in [1.807, 2.05) is 35.2 Å². The van der Waals surface area contributed by atoms with Gasteiger partial charge in [-0.1, -0.05) is 36.4 Å². The summed E-state index contributed by atoms with van der Waals surface area (Å²) in [6, 6.07) is 13.4. The number of rotatable bonds is 4. The smallest absolute Gasteiger partial charge is 0.308 e. The number of likely N-dealkylation sites (tertiary alicyclic amines) is 1. The van der Waals surface area contributed by atoms with Gasteiger partial charge in [-0.05, 0) is 23.3 Å². The van der Waals surface area contributed by atoms with E-state index in [2.05, 4.69) is 0 Å². The molecule has 1 aliphatic rings. The highest BCUT2D eigenvalue weighted by Crippen LogP contribution is 2.34. The maximum atomic E-state index is 13.5. The van der Waals surface area contributed by atoms with Crippen LogP contribution in [-0.2, 0) is 11.3 Å². The molecule has 0 spiro atoms. The fourth-order valence-electron chi connectivity index (χ4n) is 3.19. The molecule has 0 bridgehead atoms. The van der Waals surface area contributed by atoms with Crippen LogP contribution in [0.1, 0.15) is 17.0 Å². The minimum Gasteiger partial charge on any atom is -0.481 e. The highest BCUT2D eigenvalue weighted by molar-refractivity contribution is 5.72. The average Bonchev–Trinajstić information content (AvgIpc) is 2.95. The molecule has 1 aliphatic heterocycles. The van der Waals surface area contributed by atoms with Crippen molar-refractivity contribution in [2.75, 3.05) is 13.1 Å². The van der Waals surface area contributed by atoms with Crippen molar-refractivity contribution in [2.24, 2.45) is 5.92 Å². The molecule has 0 radical (unpaired) electrons. The zero-order valence-electron chi connectivity index (χ0n) is 12.5. The molecule has 1 saturated heterocycles. The van der Waals surface area contributed by atoms with E-state index >= 15 is 0 Å². The molecule has 0 saturated carbocycles. The van der Waals surface area contributed by atoms with Gasteiger partial charge in [0, 0.05) is 25.6 Å². The van der Waals surface area contributed by atoms with Gasteiger partial charge >= 0.3 is 5.97 Å². The standard InChI is InChI=1S/C18H17F2NO2/c19-16-7-6-13(8-17(16)20)14-10-21(11-15(14)18(22)23)9-12-4-2-1-3-5-12/h1-8,14-15H,9-11H2,(H,22,23)/t14-,15-/m0/s1. The van der Waals surface area contributed by atoms with E-state index in [4.69, 9.17) is 0 Å². The molecule has 1 heterocycles. The monoisotopic (exact) mass is 317 g/mol. The van der Waals surface area contributed by atoms with Crippen LogP contribution in [0.25, 0.3) is 0 Å². The van der Waals surface area contributed by atoms with Crippen molar-refractivity contribution in [2.45, 2.75) is 12.5 Å². The summed E-state index contributed by atoms with van der Waals surface area (Å²) in [5.41, 5.74) is 1.63. The van der Waals surface area contributed by atoms with E-state index < -0.39 is 23.5 Å². The highest BCUT2D eigenvalue weighted by Gasteiger charge is 2.38. The van der Waals surface area contributed by atoms with Gasteiger partial charge in [0.15, 0.2) is 11.6 Å². The normalized spacial score (nSPS) is 21.5. The van der Waals surface area contributed by atoms with Gasteiger partial charge in [-0.2, -0.15) is 0 Å². The molecule has 1 fully saturated rings. The molecule has 0 amide bonds. The lowest BCUT2D eigenvalue weighted by molar-refractivity contribution is -0.141. The van der Waals surface area contributed by atoms with Gasteiger partial charge in [-0.25, -0.2) is 8.78 Å². The highest BCUT2D eigenvalue weighted by atomic mass is 19.2. The van der Waals surface area contributed by atoms with Crippen molar-refractivity contribution in [3.8, 4) is 0 Å². The fraction of sp³-hybridized carbons (Fsp3) is 0.278. The zero-order chi connectivity index (χ0) is 16.4. The molecule has 3 rings (SSSR count).